The Morgan fingerprint density at radius 1 is 1.57 bits per heavy atom. The SMILES string of the molecule is C=CC(=N)C(=C)CCCC(C)C(C)=O. The van der Waals surface area contributed by atoms with Gasteiger partial charge in [0, 0.05) is 5.92 Å². The Bertz CT molecular complexity index is 253. The summed E-state index contributed by atoms with van der Waals surface area (Å²) in [6.45, 7) is 10.9. The van der Waals surface area contributed by atoms with Gasteiger partial charge in [-0.25, -0.2) is 0 Å². The van der Waals surface area contributed by atoms with Crippen molar-refractivity contribution in [2.45, 2.75) is 33.1 Å². The Morgan fingerprint density at radius 3 is 2.57 bits per heavy atom. The summed E-state index contributed by atoms with van der Waals surface area (Å²) in [4.78, 5) is 10.9. The Labute approximate surface area is 86.2 Å². The summed E-state index contributed by atoms with van der Waals surface area (Å²) < 4.78 is 0. The quantitative estimate of drug-likeness (QED) is 0.620. The maximum Gasteiger partial charge on any atom is 0.132 e. The van der Waals surface area contributed by atoms with Gasteiger partial charge in [0.1, 0.15) is 5.78 Å². The van der Waals surface area contributed by atoms with Gasteiger partial charge in [-0.2, -0.15) is 0 Å². The van der Waals surface area contributed by atoms with E-state index in [2.05, 4.69) is 13.2 Å². The fraction of sp³-hybridized carbons (Fsp3) is 0.500. The van der Waals surface area contributed by atoms with Crippen molar-refractivity contribution in [3.8, 4) is 0 Å². The molecule has 0 bridgehead atoms. The molecule has 2 heteroatoms. The van der Waals surface area contributed by atoms with Gasteiger partial charge >= 0.3 is 0 Å². The number of carbonyl (C=O) groups excluding carboxylic acids is 1. The molecular formula is C12H19NO. The van der Waals surface area contributed by atoms with Crippen LogP contribution in [-0.2, 0) is 4.79 Å². The zero-order chi connectivity index (χ0) is 11.1. The fourth-order valence-corrected chi connectivity index (χ4v) is 1.10. The first-order chi connectivity index (χ1) is 6.49. The van der Waals surface area contributed by atoms with Crippen LogP contribution in [0.5, 0.6) is 0 Å². The summed E-state index contributed by atoms with van der Waals surface area (Å²) in [7, 11) is 0. The van der Waals surface area contributed by atoms with Gasteiger partial charge in [0.15, 0.2) is 0 Å². The van der Waals surface area contributed by atoms with Crippen LogP contribution in [0.1, 0.15) is 33.1 Å². The zero-order valence-electron chi connectivity index (χ0n) is 9.10. The topological polar surface area (TPSA) is 40.9 Å². The lowest BCUT2D eigenvalue weighted by Gasteiger charge is -2.07. The molecule has 2 nitrogen and oxygen atoms in total. The van der Waals surface area contributed by atoms with Gasteiger partial charge < -0.3 is 5.41 Å². The van der Waals surface area contributed by atoms with Gasteiger partial charge in [-0.05, 0) is 37.8 Å². The van der Waals surface area contributed by atoms with Crippen molar-refractivity contribution in [1.29, 1.82) is 5.41 Å². The van der Waals surface area contributed by atoms with Gasteiger partial charge in [-0.15, -0.1) is 0 Å². The van der Waals surface area contributed by atoms with Crippen molar-refractivity contribution < 1.29 is 4.79 Å². The molecule has 0 aromatic carbocycles. The first-order valence-corrected chi connectivity index (χ1v) is 4.88. The van der Waals surface area contributed by atoms with E-state index in [1.54, 1.807) is 6.92 Å². The molecule has 0 aromatic heterocycles. The maximum absolute atomic E-state index is 10.9. The predicted octanol–water partition coefficient (Wildman–Crippen LogP) is 3.14. The highest BCUT2D eigenvalue weighted by Gasteiger charge is 2.07. The Kier molecular flexibility index (Phi) is 5.77. The van der Waals surface area contributed by atoms with Crippen LogP contribution in [0.2, 0.25) is 0 Å². The highest BCUT2D eigenvalue weighted by Crippen LogP contribution is 2.13. The van der Waals surface area contributed by atoms with E-state index in [0.717, 1.165) is 24.8 Å². The number of hydrogen-bond donors (Lipinski definition) is 1. The molecule has 0 heterocycles. The molecule has 0 amide bonds. The zero-order valence-corrected chi connectivity index (χ0v) is 9.10. The van der Waals surface area contributed by atoms with E-state index in [9.17, 15) is 4.79 Å². The molecule has 14 heavy (non-hydrogen) atoms. The van der Waals surface area contributed by atoms with Crippen LogP contribution in [0.15, 0.2) is 24.8 Å². The van der Waals surface area contributed by atoms with Crippen molar-refractivity contribution in [3.05, 3.63) is 24.8 Å². The molecule has 0 aliphatic heterocycles. The Hall–Kier alpha value is -1.18. The molecule has 0 aliphatic carbocycles. The summed E-state index contributed by atoms with van der Waals surface area (Å²) in [5.41, 5.74) is 1.20. The average molecular weight is 193 g/mol. The molecule has 1 N–H and O–H groups in total. The van der Waals surface area contributed by atoms with Crippen LogP contribution in [0.3, 0.4) is 0 Å². The van der Waals surface area contributed by atoms with Crippen molar-refractivity contribution >= 4 is 11.5 Å². The number of carbonyl (C=O) groups is 1. The minimum atomic E-state index is 0.126. The van der Waals surface area contributed by atoms with Crippen LogP contribution in [0.25, 0.3) is 0 Å². The second-order valence-corrected chi connectivity index (χ2v) is 3.63. The Balaban J connectivity index is 3.75. The van der Waals surface area contributed by atoms with Crippen LogP contribution in [0.4, 0.5) is 0 Å². The molecule has 1 unspecified atom stereocenters. The van der Waals surface area contributed by atoms with Crippen molar-refractivity contribution in [2.75, 3.05) is 0 Å². The van der Waals surface area contributed by atoms with E-state index in [0.29, 0.717) is 5.71 Å². The third kappa shape index (κ3) is 4.75. The van der Waals surface area contributed by atoms with Crippen LogP contribution >= 0.6 is 0 Å². The molecule has 0 aromatic rings. The van der Waals surface area contributed by atoms with Crippen molar-refractivity contribution in [2.24, 2.45) is 5.92 Å². The van der Waals surface area contributed by atoms with E-state index in [4.69, 9.17) is 5.41 Å². The normalized spacial score (nSPS) is 11.9. The van der Waals surface area contributed by atoms with Crippen molar-refractivity contribution in [1.82, 2.24) is 0 Å². The van der Waals surface area contributed by atoms with Gasteiger partial charge in [-0.3, -0.25) is 4.79 Å². The Morgan fingerprint density at radius 2 is 2.14 bits per heavy atom. The van der Waals surface area contributed by atoms with Gasteiger partial charge in [0.05, 0.1) is 5.71 Å². The summed E-state index contributed by atoms with van der Waals surface area (Å²) in [5.74, 6) is 0.357. The minimum absolute atomic E-state index is 0.126. The number of hydrogen-bond acceptors (Lipinski definition) is 2. The first kappa shape index (κ1) is 12.8. The molecule has 0 aliphatic rings. The van der Waals surface area contributed by atoms with Crippen LogP contribution in [0, 0.1) is 11.3 Å². The smallest absolute Gasteiger partial charge is 0.132 e. The predicted molar refractivity (Wildman–Crippen MR) is 60.8 cm³/mol. The van der Waals surface area contributed by atoms with Gasteiger partial charge in [0.2, 0.25) is 0 Å². The molecule has 1 atom stereocenters. The maximum atomic E-state index is 10.9. The fourth-order valence-electron chi connectivity index (χ4n) is 1.10. The third-order valence-electron chi connectivity index (χ3n) is 2.39. The summed E-state index contributed by atoms with van der Waals surface area (Å²) in [5, 5.41) is 7.43. The van der Waals surface area contributed by atoms with E-state index in [1.165, 1.54) is 6.08 Å². The second-order valence-electron chi connectivity index (χ2n) is 3.63. The number of ketones is 1. The summed E-state index contributed by atoms with van der Waals surface area (Å²) in [6, 6.07) is 0. The molecular weight excluding hydrogens is 174 g/mol. The molecule has 0 fully saturated rings. The summed E-state index contributed by atoms with van der Waals surface area (Å²) >= 11 is 0. The van der Waals surface area contributed by atoms with E-state index in [-0.39, 0.29) is 11.7 Å². The highest BCUT2D eigenvalue weighted by molar-refractivity contribution is 6.05. The largest absolute Gasteiger partial charge is 0.301 e. The number of nitrogens with one attached hydrogen (secondary N) is 1. The number of Topliss-reactive ketones (excluding diaryl/α,β-unsaturated/α-hetero) is 1. The number of rotatable bonds is 7. The molecule has 0 rings (SSSR count). The minimum Gasteiger partial charge on any atom is -0.301 e. The highest BCUT2D eigenvalue weighted by atomic mass is 16.1. The second kappa shape index (κ2) is 6.30. The summed E-state index contributed by atoms with van der Waals surface area (Å²) in [6.07, 6.45) is 4.06. The van der Waals surface area contributed by atoms with Crippen molar-refractivity contribution in [3.63, 3.8) is 0 Å². The third-order valence-corrected chi connectivity index (χ3v) is 2.39. The lowest BCUT2D eigenvalue weighted by atomic mass is 9.97. The first-order valence-electron chi connectivity index (χ1n) is 4.88. The molecule has 0 saturated carbocycles. The van der Waals surface area contributed by atoms with E-state index >= 15 is 0 Å². The number of allylic oxidation sites excluding steroid dienone is 2. The lowest BCUT2D eigenvalue weighted by Crippen LogP contribution is -2.06. The van der Waals surface area contributed by atoms with Gasteiger partial charge in [0.25, 0.3) is 0 Å². The monoisotopic (exact) mass is 193 g/mol. The standard InChI is InChI=1S/C12H19NO/c1-5-12(13)10(3)8-6-7-9(2)11(4)14/h5,9,13H,1,3,6-8H2,2,4H3. The van der Waals surface area contributed by atoms with Crippen LogP contribution < -0.4 is 0 Å². The lowest BCUT2D eigenvalue weighted by molar-refractivity contribution is -0.120. The van der Waals surface area contributed by atoms with Gasteiger partial charge in [-0.1, -0.05) is 20.1 Å². The molecule has 0 saturated heterocycles. The van der Waals surface area contributed by atoms with E-state index < -0.39 is 0 Å². The molecule has 0 spiro atoms. The van der Waals surface area contributed by atoms with E-state index in [1.807, 2.05) is 6.92 Å². The molecule has 0 radical (unpaired) electrons. The average Bonchev–Trinajstić information content (AvgIpc) is 2.15. The molecule has 78 valence electrons. The van der Waals surface area contributed by atoms with Crippen LogP contribution in [-0.4, -0.2) is 11.5 Å².